The van der Waals surface area contributed by atoms with Gasteiger partial charge in [-0.3, -0.25) is 0 Å². The van der Waals surface area contributed by atoms with Gasteiger partial charge in [0, 0.05) is 60.6 Å². The van der Waals surface area contributed by atoms with Gasteiger partial charge in [0.2, 0.25) is 0 Å². The first-order valence-corrected chi connectivity index (χ1v) is 20.3. The summed E-state index contributed by atoms with van der Waals surface area (Å²) in [5.41, 5.74) is 12.5. The minimum absolute atomic E-state index is 0.685. The van der Waals surface area contributed by atoms with Gasteiger partial charge < -0.3 is 9.80 Å². The van der Waals surface area contributed by atoms with Crippen LogP contribution in [0.4, 0.5) is 34.1 Å². The van der Waals surface area contributed by atoms with Gasteiger partial charge in [-0.25, -0.2) is 9.97 Å². The van der Waals surface area contributed by atoms with Gasteiger partial charge in [-0.15, -0.1) is 11.3 Å². The van der Waals surface area contributed by atoms with Gasteiger partial charge in [0.1, 0.15) is 0 Å². The first-order valence-electron chi connectivity index (χ1n) is 19.5. The van der Waals surface area contributed by atoms with Crippen molar-refractivity contribution < 1.29 is 0 Å². The number of anilines is 6. The predicted octanol–water partition coefficient (Wildman–Crippen LogP) is 15.1. The van der Waals surface area contributed by atoms with Crippen LogP contribution in [0.3, 0.4) is 0 Å². The van der Waals surface area contributed by atoms with E-state index in [0.29, 0.717) is 5.82 Å². The Morgan fingerprint density at radius 1 is 0.379 bits per heavy atom. The quantitative estimate of drug-likeness (QED) is 0.147. The third kappa shape index (κ3) is 6.78. The number of thiophene rings is 1. The Balaban J connectivity index is 1.09. The van der Waals surface area contributed by atoms with Gasteiger partial charge >= 0.3 is 0 Å². The molecule has 0 aliphatic carbocycles. The van der Waals surface area contributed by atoms with Crippen molar-refractivity contribution in [1.29, 1.82) is 0 Å². The Morgan fingerprint density at radius 3 is 1.57 bits per heavy atom. The first-order chi connectivity index (χ1) is 28.7. The van der Waals surface area contributed by atoms with E-state index in [0.717, 1.165) is 62.2 Å². The van der Waals surface area contributed by atoms with Crippen molar-refractivity contribution in [3.63, 3.8) is 0 Å². The minimum Gasteiger partial charge on any atom is -0.310 e. The normalized spacial score (nSPS) is 11.2. The molecular formula is C53H38N4S. The van der Waals surface area contributed by atoms with Crippen molar-refractivity contribution in [2.45, 2.75) is 6.92 Å². The zero-order chi connectivity index (χ0) is 38.8. The SMILES string of the molecule is Cc1cccc(N(c2ccc(-c3nc(-c4ccccc4)cc(-c4ccccc4)n3)cc2)c2cccc(N(c3ccccc3)c3cccc4c3sc3ccccc34)c2)c1. The van der Waals surface area contributed by atoms with Crippen molar-refractivity contribution in [3.05, 3.63) is 218 Å². The lowest BCUT2D eigenvalue weighted by atomic mass is 10.1. The van der Waals surface area contributed by atoms with E-state index < -0.39 is 0 Å². The monoisotopic (exact) mass is 762 g/mol. The summed E-state index contributed by atoms with van der Waals surface area (Å²) in [5.74, 6) is 0.685. The molecule has 0 spiro atoms. The van der Waals surface area contributed by atoms with E-state index in [2.05, 4.69) is 193 Å². The maximum absolute atomic E-state index is 5.10. The highest BCUT2D eigenvalue weighted by Crippen LogP contribution is 2.46. The summed E-state index contributed by atoms with van der Waals surface area (Å²) in [7, 11) is 0. The third-order valence-electron chi connectivity index (χ3n) is 10.5. The second-order valence-electron chi connectivity index (χ2n) is 14.4. The van der Waals surface area contributed by atoms with Crippen LogP contribution in [-0.4, -0.2) is 9.97 Å². The highest BCUT2D eigenvalue weighted by molar-refractivity contribution is 7.26. The Kier molecular flexibility index (Phi) is 9.26. The Hall–Kier alpha value is -7.34. The fraction of sp³-hybridized carbons (Fsp3) is 0.0189. The number of benzene rings is 8. The van der Waals surface area contributed by atoms with Crippen LogP contribution in [0, 0.1) is 6.92 Å². The lowest BCUT2D eigenvalue weighted by molar-refractivity contribution is 1.18. The summed E-state index contributed by atoms with van der Waals surface area (Å²) in [4.78, 5) is 14.9. The molecule has 8 aromatic carbocycles. The minimum atomic E-state index is 0.685. The average Bonchev–Trinajstić information content (AvgIpc) is 3.68. The molecule has 0 saturated heterocycles. The molecule has 5 heteroatoms. The molecule has 276 valence electrons. The molecule has 0 N–H and O–H groups in total. The lowest BCUT2D eigenvalue weighted by Crippen LogP contribution is -2.13. The number of rotatable bonds is 9. The number of hydrogen-bond acceptors (Lipinski definition) is 5. The standard InChI is InChI=1S/C53H38N4S/c1-37-16-13-23-43(34-37)56(42-32-30-40(31-33-42)53-54-48(38-17-5-2-6-18-38)36-49(55-53)39-19-7-3-8-20-39)44-24-14-25-45(35-44)57(41-21-9-4-10-22-41)50-28-15-27-47-46-26-11-12-29-51(46)58-52(47)50/h2-36H,1H3. The molecule has 0 aliphatic heterocycles. The average molecular weight is 763 g/mol. The second-order valence-corrected chi connectivity index (χ2v) is 15.4. The van der Waals surface area contributed by atoms with Gasteiger partial charge in [0.15, 0.2) is 5.82 Å². The topological polar surface area (TPSA) is 32.3 Å². The highest BCUT2D eigenvalue weighted by atomic mass is 32.1. The maximum Gasteiger partial charge on any atom is 0.160 e. The van der Waals surface area contributed by atoms with Gasteiger partial charge in [-0.2, -0.15) is 0 Å². The molecule has 4 nitrogen and oxygen atoms in total. The molecule has 0 unspecified atom stereocenters. The maximum atomic E-state index is 5.10. The molecule has 2 heterocycles. The number of hydrogen-bond donors (Lipinski definition) is 0. The molecule has 0 aliphatic rings. The molecule has 0 fully saturated rings. The highest BCUT2D eigenvalue weighted by Gasteiger charge is 2.21. The van der Waals surface area contributed by atoms with Crippen LogP contribution < -0.4 is 9.80 Å². The molecule has 10 rings (SSSR count). The van der Waals surface area contributed by atoms with Crippen LogP contribution in [0.15, 0.2) is 212 Å². The van der Waals surface area contributed by atoms with Crippen molar-refractivity contribution in [1.82, 2.24) is 9.97 Å². The van der Waals surface area contributed by atoms with Crippen LogP contribution in [0.5, 0.6) is 0 Å². The summed E-state index contributed by atoms with van der Waals surface area (Å²) >= 11 is 1.85. The molecule has 0 bridgehead atoms. The van der Waals surface area contributed by atoms with Crippen LogP contribution in [-0.2, 0) is 0 Å². The van der Waals surface area contributed by atoms with E-state index in [9.17, 15) is 0 Å². The number of nitrogens with zero attached hydrogens (tertiary/aromatic N) is 4. The summed E-state index contributed by atoms with van der Waals surface area (Å²) in [6, 6.07) is 75.0. The van der Waals surface area contributed by atoms with Crippen LogP contribution in [0.25, 0.3) is 54.1 Å². The predicted molar refractivity (Wildman–Crippen MR) is 245 cm³/mol. The van der Waals surface area contributed by atoms with E-state index in [4.69, 9.17) is 9.97 Å². The van der Waals surface area contributed by atoms with Crippen molar-refractivity contribution in [2.24, 2.45) is 0 Å². The number of para-hydroxylation sites is 1. The summed E-state index contributed by atoms with van der Waals surface area (Å²) in [6.07, 6.45) is 0. The van der Waals surface area contributed by atoms with Crippen LogP contribution >= 0.6 is 11.3 Å². The van der Waals surface area contributed by atoms with Crippen molar-refractivity contribution in [3.8, 4) is 33.9 Å². The third-order valence-corrected chi connectivity index (χ3v) is 11.7. The van der Waals surface area contributed by atoms with Crippen molar-refractivity contribution in [2.75, 3.05) is 9.80 Å². The second kappa shape index (κ2) is 15.3. The summed E-state index contributed by atoms with van der Waals surface area (Å²) < 4.78 is 2.55. The summed E-state index contributed by atoms with van der Waals surface area (Å²) in [6.45, 7) is 2.14. The van der Waals surface area contributed by atoms with E-state index in [1.807, 2.05) is 47.7 Å². The largest absolute Gasteiger partial charge is 0.310 e. The molecule has 0 atom stereocenters. The Morgan fingerprint density at radius 2 is 0.897 bits per heavy atom. The smallest absolute Gasteiger partial charge is 0.160 e. The van der Waals surface area contributed by atoms with Gasteiger partial charge in [-0.05, 0) is 97.4 Å². The van der Waals surface area contributed by atoms with Gasteiger partial charge in [0.25, 0.3) is 0 Å². The van der Waals surface area contributed by atoms with Crippen molar-refractivity contribution >= 4 is 65.6 Å². The fourth-order valence-electron chi connectivity index (χ4n) is 7.75. The Bertz CT molecular complexity index is 2960. The van der Waals surface area contributed by atoms with E-state index in [1.54, 1.807) is 0 Å². The van der Waals surface area contributed by atoms with Gasteiger partial charge in [0.05, 0.1) is 21.8 Å². The molecule has 0 radical (unpaired) electrons. The molecule has 0 saturated carbocycles. The summed E-state index contributed by atoms with van der Waals surface area (Å²) in [5, 5.41) is 2.56. The lowest BCUT2D eigenvalue weighted by Gasteiger charge is -2.30. The molecule has 58 heavy (non-hydrogen) atoms. The number of aryl methyl sites for hydroxylation is 1. The van der Waals surface area contributed by atoms with Gasteiger partial charge in [-0.1, -0.05) is 127 Å². The van der Waals surface area contributed by atoms with E-state index in [1.165, 1.54) is 25.7 Å². The molecule has 0 amide bonds. The first kappa shape index (κ1) is 35.1. The van der Waals surface area contributed by atoms with Crippen LogP contribution in [0.1, 0.15) is 5.56 Å². The Labute approximate surface area is 342 Å². The van der Waals surface area contributed by atoms with E-state index in [-0.39, 0.29) is 0 Å². The zero-order valence-corrected chi connectivity index (χ0v) is 32.7. The zero-order valence-electron chi connectivity index (χ0n) is 31.9. The molecular weight excluding hydrogens is 725 g/mol. The molecule has 2 aromatic heterocycles. The fourth-order valence-corrected chi connectivity index (χ4v) is 8.95. The molecule has 10 aromatic rings. The van der Waals surface area contributed by atoms with Crippen LogP contribution in [0.2, 0.25) is 0 Å². The van der Waals surface area contributed by atoms with E-state index >= 15 is 0 Å². The number of fused-ring (bicyclic) bond motifs is 3. The number of aromatic nitrogens is 2.